The van der Waals surface area contributed by atoms with E-state index in [1.165, 1.54) is 0 Å². The molecular formula is C26H33ClN4O5S. The van der Waals surface area contributed by atoms with Crippen LogP contribution in [0, 0.1) is 0 Å². The Bertz CT molecular complexity index is 1190. The third-order valence-electron chi connectivity index (χ3n) is 5.84. The van der Waals surface area contributed by atoms with E-state index in [1.54, 1.807) is 39.1 Å². The van der Waals surface area contributed by atoms with Crippen molar-refractivity contribution in [1.82, 2.24) is 14.8 Å². The van der Waals surface area contributed by atoms with Crippen LogP contribution in [0.2, 0.25) is 5.15 Å². The molecule has 1 atom stereocenters. The minimum absolute atomic E-state index is 0.288. The lowest BCUT2D eigenvalue weighted by Crippen LogP contribution is -2.14. The van der Waals surface area contributed by atoms with Gasteiger partial charge >= 0.3 is 0 Å². The highest BCUT2D eigenvalue weighted by atomic mass is 35.5. The van der Waals surface area contributed by atoms with Crippen LogP contribution >= 0.6 is 23.4 Å². The maximum Gasteiger partial charge on any atom is 0.161 e. The largest absolute Gasteiger partial charge is 0.493 e. The Morgan fingerprint density at radius 3 is 2.62 bits per heavy atom. The zero-order valence-electron chi connectivity index (χ0n) is 21.3. The number of aliphatic hydroxyl groups excluding tert-OH is 1. The first-order chi connectivity index (χ1) is 18.0. The summed E-state index contributed by atoms with van der Waals surface area (Å²) in [5.74, 6) is 3.80. The van der Waals surface area contributed by atoms with Gasteiger partial charge in [-0.1, -0.05) is 11.6 Å². The number of nitrogens with zero attached hydrogens (tertiary/aromatic N) is 3. The fourth-order valence-corrected chi connectivity index (χ4v) is 5.02. The third kappa shape index (κ3) is 6.88. The van der Waals surface area contributed by atoms with E-state index in [-0.39, 0.29) is 6.10 Å². The quantitative estimate of drug-likeness (QED) is 0.165. The molecule has 1 aliphatic rings. The van der Waals surface area contributed by atoms with Crippen LogP contribution in [0.1, 0.15) is 18.1 Å². The van der Waals surface area contributed by atoms with Crippen LogP contribution < -0.4 is 14.8 Å². The van der Waals surface area contributed by atoms with E-state index >= 15 is 0 Å². The van der Waals surface area contributed by atoms with E-state index in [4.69, 9.17) is 35.6 Å². The van der Waals surface area contributed by atoms with Gasteiger partial charge in [-0.2, -0.15) is 16.9 Å². The maximum absolute atomic E-state index is 9.28. The number of aromatic nitrogens is 3. The fourth-order valence-electron chi connectivity index (χ4n) is 4.11. The second-order valence-corrected chi connectivity index (χ2v) is 10.1. The van der Waals surface area contributed by atoms with Crippen LogP contribution in [0.15, 0.2) is 30.5 Å². The molecule has 2 aromatic heterocycles. The van der Waals surface area contributed by atoms with Crippen molar-refractivity contribution in [2.45, 2.75) is 26.0 Å². The van der Waals surface area contributed by atoms with Gasteiger partial charge in [-0.15, -0.1) is 0 Å². The summed E-state index contributed by atoms with van der Waals surface area (Å²) in [7, 11) is 3.27. The molecule has 0 radical (unpaired) electrons. The van der Waals surface area contributed by atoms with Crippen LogP contribution in [-0.2, 0) is 22.4 Å². The average molecular weight is 549 g/mol. The second kappa shape index (κ2) is 13.3. The van der Waals surface area contributed by atoms with Crippen LogP contribution in [0.25, 0.3) is 11.3 Å². The van der Waals surface area contributed by atoms with Crippen molar-refractivity contribution in [2.24, 2.45) is 0 Å². The number of pyridine rings is 1. The molecule has 0 saturated carbocycles. The number of hydrogen-bond donors (Lipinski definition) is 2. The molecule has 0 bridgehead atoms. The van der Waals surface area contributed by atoms with Gasteiger partial charge in [0.1, 0.15) is 5.82 Å². The summed E-state index contributed by atoms with van der Waals surface area (Å²) in [5, 5.41) is 18.0. The standard InChI is InChI=1S/C26H33ClN4O5S/c1-17(32)16-37-12-11-36-10-9-35-8-7-31-26(29-21-5-4-6-28-25(21)27)20-13-18-14-22(33-2)23(34-3)15-19(18)24(20)30-31/h4-6,14-15,17,29,32H,7-13,16H2,1-3H3. The summed E-state index contributed by atoms with van der Waals surface area (Å²) in [5.41, 5.74) is 4.83. The maximum atomic E-state index is 9.28. The number of aliphatic hydroxyl groups is 1. The van der Waals surface area contributed by atoms with Crippen molar-refractivity contribution in [3.05, 3.63) is 46.7 Å². The molecule has 4 rings (SSSR count). The van der Waals surface area contributed by atoms with Gasteiger partial charge in [-0.25, -0.2) is 9.67 Å². The van der Waals surface area contributed by atoms with Crippen LogP contribution in [-0.4, -0.2) is 78.1 Å². The summed E-state index contributed by atoms with van der Waals surface area (Å²) >= 11 is 8.02. The first kappa shape index (κ1) is 27.5. The number of hydrogen-bond acceptors (Lipinski definition) is 9. The molecule has 3 aromatic rings. The van der Waals surface area contributed by atoms with Gasteiger partial charge in [0.15, 0.2) is 16.7 Å². The Balaban J connectivity index is 1.43. The molecule has 0 amide bonds. The normalized spacial score (nSPS) is 12.8. The van der Waals surface area contributed by atoms with Crippen molar-refractivity contribution in [2.75, 3.05) is 57.5 Å². The SMILES string of the molecule is COc1cc2c(cc1OC)-c1nn(CCOCCOCCSCC(C)O)c(Nc3cccnc3Cl)c1C2. The summed E-state index contributed by atoms with van der Waals surface area (Å²) in [6.45, 7) is 4.49. The molecule has 0 aliphatic heterocycles. The number of methoxy groups -OCH3 is 2. The number of thioether (sulfide) groups is 1. The van der Waals surface area contributed by atoms with Gasteiger partial charge in [-0.05, 0) is 36.8 Å². The van der Waals surface area contributed by atoms with Crippen LogP contribution in [0.3, 0.4) is 0 Å². The molecule has 37 heavy (non-hydrogen) atoms. The number of benzene rings is 1. The van der Waals surface area contributed by atoms with Gasteiger partial charge in [0.05, 0.1) is 64.7 Å². The Morgan fingerprint density at radius 1 is 1.14 bits per heavy atom. The van der Waals surface area contributed by atoms with Crippen LogP contribution in [0.4, 0.5) is 11.5 Å². The van der Waals surface area contributed by atoms with E-state index in [9.17, 15) is 5.11 Å². The lowest BCUT2D eigenvalue weighted by atomic mass is 10.1. The Hall–Kier alpha value is -2.50. The van der Waals surface area contributed by atoms with Gasteiger partial charge < -0.3 is 29.4 Å². The van der Waals surface area contributed by atoms with Gasteiger partial charge in [0, 0.05) is 35.3 Å². The summed E-state index contributed by atoms with van der Waals surface area (Å²) in [4.78, 5) is 4.19. The van der Waals surface area contributed by atoms with Crippen molar-refractivity contribution >= 4 is 34.9 Å². The van der Waals surface area contributed by atoms with Crippen molar-refractivity contribution < 1.29 is 24.1 Å². The number of anilines is 2. The highest BCUT2D eigenvalue weighted by Crippen LogP contribution is 2.45. The number of rotatable bonds is 15. The lowest BCUT2D eigenvalue weighted by Gasteiger charge is -2.14. The zero-order valence-corrected chi connectivity index (χ0v) is 22.9. The molecular weight excluding hydrogens is 516 g/mol. The predicted octanol–water partition coefficient (Wildman–Crippen LogP) is 4.41. The minimum atomic E-state index is -0.288. The van der Waals surface area contributed by atoms with E-state index < -0.39 is 0 Å². The molecule has 1 aromatic carbocycles. The molecule has 200 valence electrons. The molecule has 2 N–H and O–H groups in total. The fraction of sp³-hybridized carbons (Fsp3) is 0.462. The summed E-state index contributed by atoms with van der Waals surface area (Å²) in [6.07, 6.45) is 2.07. The first-order valence-electron chi connectivity index (χ1n) is 12.2. The second-order valence-electron chi connectivity index (χ2n) is 8.56. The van der Waals surface area contributed by atoms with E-state index in [1.807, 2.05) is 28.9 Å². The molecule has 1 unspecified atom stereocenters. The predicted molar refractivity (Wildman–Crippen MR) is 147 cm³/mol. The monoisotopic (exact) mass is 548 g/mol. The first-order valence-corrected chi connectivity index (χ1v) is 13.7. The summed E-state index contributed by atoms with van der Waals surface area (Å²) in [6, 6.07) is 7.71. The Morgan fingerprint density at radius 2 is 1.89 bits per heavy atom. The van der Waals surface area contributed by atoms with Crippen molar-refractivity contribution in [3.63, 3.8) is 0 Å². The number of fused-ring (bicyclic) bond motifs is 3. The molecule has 11 heteroatoms. The van der Waals surface area contributed by atoms with Gasteiger partial charge in [-0.3, -0.25) is 0 Å². The van der Waals surface area contributed by atoms with E-state index in [0.29, 0.717) is 61.7 Å². The number of nitrogens with one attached hydrogen (secondary N) is 1. The smallest absolute Gasteiger partial charge is 0.161 e. The molecule has 0 spiro atoms. The molecule has 9 nitrogen and oxygen atoms in total. The number of ether oxygens (including phenoxy) is 4. The molecule has 2 heterocycles. The Labute approximate surface area is 226 Å². The van der Waals surface area contributed by atoms with Crippen molar-refractivity contribution in [1.29, 1.82) is 0 Å². The summed E-state index contributed by atoms with van der Waals surface area (Å²) < 4.78 is 24.4. The topological polar surface area (TPSA) is 99.9 Å². The zero-order chi connectivity index (χ0) is 26.2. The van der Waals surface area contributed by atoms with Gasteiger partial charge in [0.25, 0.3) is 0 Å². The molecule has 0 fully saturated rings. The molecule has 0 saturated heterocycles. The highest BCUT2D eigenvalue weighted by molar-refractivity contribution is 7.99. The minimum Gasteiger partial charge on any atom is -0.493 e. The highest BCUT2D eigenvalue weighted by Gasteiger charge is 2.29. The van der Waals surface area contributed by atoms with Crippen molar-refractivity contribution in [3.8, 4) is 22.8 Å². The molecule has 1 aliphatic carbocycles. The van der Waals surface area contributed by atoms with Gasteiger partial charge in [0.2, 0.25) is 0 Å². The number of halogens is 1. The van der Waals surface area contributed by atoms with Crippen LogP contribution in [0.5, 0.6) is 11.5 Å². The third-order valence-corrected chi connectivity index (χ3v) is 7.32. The van der Waals surface area contributed by atoms with E-state index in [0.717, 1.165) is 39.7 Å². The van der Waals surface area contributed by atoms with E-state index in [2.05, 4.69) is 10.3 Å². The average Bonchev–Trinajstić information content (AvgIpc) is 3.40. The lowest BCUT2D eigenvalue weighted by molar-refractivity contribution is 0.0498. The Kier molecular flexibility index (Phi) is 9.93.